The Labute approximate surface area is 113 Å². The van der Waals surface area contributed by atoms with E-state index in [0.717, 1.165) is 4.90 Å². The number of hydrogen-bond donors (Lipinski definition) is 1. The van der Waals surface area contributed by atoms with Gasteiger partial charge in [0.05, 0.1) is 5.69 Å². The summed E-state index contributed by atoms with van der Waals surface area (Å²) in [4.78, 5) is 24.7. The number of halogens is 3. The molecule has 0 spiro atoms. The van der Waals surface area contributed by atoms with E-state index in [0.29, 0.717) is 12.1 Å². The predicted molar refractivity (Wildman–Crippen MR) is 65.4 cm³/mol. The summed E-state index contributed by atoms with van der Waals surface area (Å²) >= 11 is 0. The van der Waals surface area contributed by atoms with Gasteiger partial charge in [-0.3, -0.25) is 9.59 Å². The average Bonchev–Trinajstić information content (AvgIpc) is 2.37. The van der Waals surface area contributed by atoms with Crippen LogP contribution in [0.3, 0.4) is 0 Å². The molecule has 2 rings (SSSR count). The zero-order valence-electron chi connectivity index (χ0n) is 10.9. The van der Waals surface area contributed by atoms with E-state index in [9.17, 15) is 22.8 Å². The molecule has 1 fully saturated rings. The molecule has 20 heavy (non-hydrogen) atoms. The highest BCUT2D eigenvalue weighted by Crippen LogP contribution is 2.24. The van der Waals surface area contributed by atoms with Gasteiger partial charge in [-0.25, -0.2) is 13.2 Å². The van der Waals surface area contributed by atoms with Crippen molar-refractivity contribution in [2.24, 2.45) is 5.92 Å². The number of rotatable bonds is 2. The molecule has 1 aliphatic heterocycles. The van der Waals surface area contributed by atoms with E-state index in [2.05, 4.69) is 5.32 Å². The minimum atomic E-state index is -1.61. The topological polar surface area (TPSA) is 49.4 Å². The zero-order valence-corrected chi connectivity index (χ0v) is 10.9. The third-order valence-electron chi connectivity index (χ3n) is 3.10. The maximum absolute atomic E-state index is 13.2. The summed E-state index contributed by atoms with van der Waals surface area (Å²) in [5.41, 5.74) is -0.174. The average molecular weight is 286 g/mol. The number of piperazine rings is 1. The van der Waals surface area contributed by atoms with Crippen molar-refractivity contribution in [3.8, 4) is 0 Å². The zero-order chi connectivity index (χ0) is 15.0. The molecule has 4 nitrogen and oxygen atoms in total. The van der Waals surface area contributed by atoms with Crippen LogP contribution < -0.4 is 10.2 Å². The first-order valence-corrected chi connectivity index (χ1v) is 6.06. The third kappa shape index (κ3) is 2.48. The van der Waals surface area contributed by atoms with E-state index >= 15 is 0 Å². The van der Waals surface area contributed by atoms with Crippen LogP contribution in [0.1, 0.15) is 13.8 Å². The van der Waals surface area contributed by atoms with Crippen molar-refractivity contribution >= 4 is 17.5 Å². The van der Waals surface area contributed by atoms with Gasteiger partial charge in [-0.05, 0) is 5.92 Å². The molecule has 0 aliphatic carbocycles. The van der Waals surface area contributed by atoms with Gasteiger partial charge < -0.3 is 10.2 Å². The molecule has 1 N–H and O–H groups in total. The Morgan fingerprint density at radius 3 is 2.25 bits per heavy atom. The minimum Gasteiger partial charge on any atom is -0.342 e. The standard InChI is InChI=1S/C13H13F3N2O2/c1-6(2)12-13(20)18(5-10(19)17-12)7-3-8(14)11(16)9(15)4-7/h3-4,6,12H,5H2,1-2H3,(H,17,19). The number of anilines is 1. The van der Waals surface area contributed by atoms with Crippen molar-refractivity contribution in [3.05, 3.63) is 29.6 Å². The molecule has 2 amide bonds. The normalized spacial score (nSPS) is 19.5. The highest BCUT2D eigenvalue weighted by Gasteiger charge is 2.35. The lowest BCUT2D eigenvalue weighted by Gasteiger charge is -2.34. The number of nitrogens with one attached hydrogen (secondary N) is 1. The van der Waals surface area contributed by atoms with Gasteiger partial charge in [-0.1, -0.05) is 13.8 Å². The smallest absolute Gasteiger partial charge is 0.250 e. The first kappa shape index (κ1) is 14.4. The number of benzene rings is 1. The number of amides is 2. The van der Waals surface area contributed by atoms with E-state index in [-0.39, 0.29) is 18.2 Å². The first-order chi connectivity index (χ1) is 9.31. The Hall–Kier alpha value is -2.05. The molecule has 1 aromatic rings. The Morgan fingerprint density at radius 1 is 1.20 bits per heavy atom. The highest BCUT2D eigenvalue weighted by molar-refractivity contribution is 6.06. The lowest BCUT2D eigenvalue weighted by Crippen LogP contribution is -2.60. The summed E-state index contributed by atoms with van der Waals surface area (Å²) in [6.45, 7) is 3.11. The number of nitrogens with zero attached hydrogens (tertiary/aromatic N) is 1. The van der Waals surface area contributed by atoms with Crippen LogP contribution in [-0.4, -0.2) is 24.4 Å². The van der Waals surface area contributed by atoms with Crippen LogP contribution in [0.25, 0.3) is 0 Å². The molecule has 1 heterocycles. The van der Waals surface area contributed by atoms with Crippen molar-refractivity contribution < 1.29 is 22.8 Å². The van der Waals surface area contributed by atoms with Crippen LogP contribution >= 0.6 is 0 Å². The summed E-state index contributed by atoms with van der Waals surface area (Å²) < 4.78 is 39.4. The summed E-state index contributed by atoms with van der Waals surface area (Å²) in [6.07, 6.45) is 0. The van der Waals surface area contributed by atoms with Gasteiger partial charge in [0.15, 0.2) is 17.5 Å². The summed E-state index contributed by atoms with van der Waals surface area (Å²) in [6, 6.07) is 0.630. The first-order valence-electron chi connectivity index (χ1n) is 6.06. The molecule has 0 saturated carbocycles. The van der Waals surface area contributed by atoms with Gasteiger partial charge in [0.2, 0.25) is 11.8 Å². The van der Waals surface area contributed by atoms with Gasteiger partial charge in [0.25, 0.3) is 0 Å². The molecule has 1 aromatic carbocycles. The van der Waals surface area contributed by atoms with Crippen molar-refractivity contribution in [2.45, 2.75) is 19.9 Å². The van der Waals surface area contributed by atoms with Gasteiger partial charge in [-0.2, -0.15) is 0 Å². The van der Waals surface area contributed by atoms with Crippen LogP contribution in [0, 0.1) is 23.4 Å². The molecule has 0 radical (unpaired) electrons. The summed E-state index contributed by atoms with van der Waals surface area (Å²) in [5.74, 6) is -5.51. The molecule has 1 atom stereocenters. The predicted octanol–water partition coefficient (Wildman–Crippen LogP) is 1.59. The molecule has 7 heteroatoms. The van der Waals surface area contributed by atoms with Crippen LogP contribution in [0.2, 0.25) is 0 Å². The molecular weight excluding hydrogens is 273 g/mol. The third-order valence-corrected chi connectivity index (χ3v) is 3.10. The second kappa shape index (κ2) is 5.15. The van der Waals surface area contributed by atoms with Crippen LogP contribution in [0.4, 0.5) is 18.9 Å². The van der Waals surface area contributed by atoms with Crippen molar-refractivity contribution in [1.82, 2.24) is 5.32 Å². The van der Waals surface area contributed by atoms with Gasteiger partial charge in [0.1, 0.15) is 12.6 Å². The number of carbonyl (C=O) groups excluding carboxylic acids is 2. The Kier molecular flexibility index (Phi) is 3.69. The molecule has 1 aliphatic rings. The molecule has 0 aromatic heterocycles. The monoisotopic (exact) mass is 286 g/mol. The minimum absolute atomic E-state index is 0.174. The van der Waals surface area contributed by atoms with Gasteiger partial charge in [0, 0.05) is 12.1 Å². The molecule has 0 bridgehead atoms. The Bertz CT molecular complexity index is 552. The van der Waals surface area contributed by atoms with Gasteiger partial charge in [-0.15, -0.1) is 0 Å². The largest absolute Gasteiger partial charge is 0.342 e. The fourth-order valence-corrected chi connectivity index (χ4v) is 2.04. The molecular formula is C13H13F3N2O2. The quantitative estimate of drug-likeness (QED) is 0.839. The van der Waals surface area contributed by atoms with Crippen molar-refractivity contribution in [1.29, 1.82) is 0 Å². The van der Waals surface area contributed by atoms with E-state index in [1.165, 1.54) is 0 Å². The van der Waals surface area contributed by atoms with E-state index in [1.54, 1.807) is 13.8 Å². The second-order valence-electron chi connectivity index (χ2n) is 4.94. The molecule has 108 valence electrons. The van der Waals surface area contributed by atoms with Crippen molar-refractivity contribution in [2.75, 3.05) is 11.4 Å². The lowest BCUT2D eigenvalue weighted by molar-refractivity contribution is -0.132. The Morgan fingerprint density at radius 2 is 1.75 bits per heavy atom. The molecule has 1 saturated heterocycles. The van der Waals surface area contributed by atoms with Crippen LogP contribution in [0.5, 0.6) is 0 Å². The Balaban J connectivity index is 2.40. The van der Waals surface area contributed by atoms with Crippen LogP contribution in [-0.2, 0) is 9.59 Å². The van der Waals surface area contributed by atoms with Gasteiger partial charge >= 0.3 is 0 Å². The van der Waals surface area contributed by atoms with E-state index in [1.807, 2.05) is 0 Å². The van der Waals surface area contributed by atoms with E-state index < -0.39 is 35.3 Å². The lowest BCUT2D eigenvalue weighted by atomic mass is 10.0. The number of carbonyl (C=O) groups is 2. The maximum atomic E-state index is 13.2. The maximum Gasteiger partial charge on any atom is 0.250 e. The number of hydrogen-bond acceptors (Lipinski definition) is 2. The summed E-state index contributed by atoms with van der Waals surface area (Å²) in [7, 11) is 0. The fraction of sp³-hybridized carbons (Fsp3) is 0.385. The molecule has 1 unspecified atom stereocenters. The van der Waals surface area contributed by atoms with E-state index in [4.69, 9.17) is 0 Å². The fourth-order valence-electron chi connectivity index (χ4n) is 2.04. The highest BCUT2D eigenvalue weighted by atomic mass is 19.2. The second-order valence-corrected chi connectivity index (χ2v) is 4.94. The SMILES string of the molecule is CC(C)C1NC(=O)CN(c2cc(F)c(F)c(F)c2)C1=O. The summed E-state index contributed by atoms with van der Waals surface area (Å²) in [5, 5.41) is 2.51. The van der Waals surface area contributed by atoms with Crippen LogP contribution in [0.15, 0.2) is 12.1 Å². The van der Waals surface area contributed by atoms with Crippen molar-refractivity contribution in [3.63, 3.8) is 0 Å².